The molecule has 0 bridgehead atoms. The largest absolute Gasteiger partial charge is 0.352 e. The third-order valence-electron chi connectivity index (χ3n) is 3.07. The van der Waals surface area contributed by atoms with Crippen molar-refractivity contribution in [2.45, 2.75) is 19.8 Å². The first-order valence-electron chi connectivity index (χ1n) is 6.70. The Morgan fingerprint density at radius 3 is 2.52 bits per heavy atom. The molecule has 1 aromatic heterocycles. The van der Waals surface area contributed by atoms with Gasteiger partial charge in [-0.2, -0.15) is 0 Å². The Kier molecular flexibility index (Phi) is 5.00. The van der Waals surface area contributed by atoms with Crippen molar-refractivity contribution < 1.29 is 9.59 Å². The van der Waals surface area contributed by atoms with Gasteiger partial charge in [-0.3, -0.25) is 9.59 Å². The fraction of sp³-hybridized carbons (Fsp3) is 0.188. The number of nitrogens with one attached hydrogen (secondary N) is 2. The lowest BCUT2D eigenvalue weighted by molar-refractivity contribution is -0.118. The van der Waals surface area contributed by atoms with Crippen molar-refractivity contribution in [3.8, 4) is 0 Å². The smallest absolute Gasteiger partial charge is 0.258 e. The van der Waals surface area contributed by atoms with E-state index in [2.05, 4.69) is 10.3 Å². The molecule has 1 aromatic carbocycles. The molecule has 0 fully saturated rings. The predicted molar refractivity (Wildman–Crippen MR) is 85.0 cm³/mol. The summed E-state index contributed by atoms with van der Waals surface area (Å²) >= 11 is 5.07. The van der Waals surface area contributed by atoms with E-state index < -0.39 is 0 Å². The van der Waals surface area contributed by atoms with Crippen LogP contribution in [-0.2, 0) is 11.2 Å². The summed E-state index contributed by atoms with van der Waals surface area (Å²) in [5.41, 5.74) is 2.04. The van der Waals surface area contributed by atoms with Crippen molar-refractivity contribution in [2.75, 3.05) is 5.32 Å². The van der Waals surface area contributed by atoms with Gasteiger partial charge in [0.2, 0.25) is 0 Å². The Balaban J connectivity index is 2.07. The number of aromatic amines is 1. The minimum absolute atomic E-state index is 0.197. The maximum atomic E-state index is 12.1. The molecule has 0 aliphatic heterocycles. The third kappa shape index (κ3) is 4.10. The number of anilines is 1. The van der Waals surface area contributed by atoms with E-state index in [4.69, 9.17) is 12.2 Å². The van der Waals surface area contributed by atoms with Crippen molar-refractivity contribution >= 4 is 29.6 Å². The molecule has 108 valence electrons. The van der Waals surface area contributed by atoms with Crippen molar-refractivity contribution in [2.24, 2.45) is 0 Å². The van der Waals surface area contributed by atoms with Crippen molar-refractivity contribution in [1.82, 2.24) is 4.98 Å². The Morgan fingerprint density at radius 1 is 1.19 bits per heavy atom. The minimum Gasteiger partial charge on any atom is -0.352 e. The van der Waals surface area contributed by atoms with Gasteiger partial charge in [-0.25, -0.2) is 0 Å². The summed E-state index contributed by atoms with van der Waals surface area (Å²) in [6.45, 7) is 1.85. The molecular weight excluding hydrogens is 284 g/mol. The van der Waals surface area contributed by atoms with Crippen LogP contribution in [-0.4, -0.2) is 16.7 Å². The molecule has 2 rings (SSSR count). The summed E-state index contributed by atoms with van der Waals surface area (Å²) in [5, 5.41) is 2.78. The Bertz CT molecular complexity index is 705. The second-order valence-electron chi connectivity index (χ2n) is 4.63. The fourth-order valence-electron chi connectivity index (χ4n) is 1.86. The van der Waals surface area contributed by atoms with Crippen LogP contribution in [0.1, 0.15) is 29.3 Å². The quantitative estimate of drug-likeness (QED) is 0.831. The summed E-state index contributed by atoms with van der Waals surface area (Å²) in [6, 6.07) is 10.6. The van der Waals surface area contributed by atoms with Crippen LogP contribution in [0.5, 0.6) is 0 Å². The highest BCUT2D eigenvalue weighted by molar-refractivity contribution is 7.71. The van der Waals surface area contributed by atoms with Crippen molar-refractivity contribution in [3.63, 3.8) is 0 Å². The number of hydrogen-bond acceptors (Lipinski definition) is 3. The monoisotopic (exact) mass is 300 g/mol. The van der Waals surface area contributed by atoms with E-state index in [0.29, 0.717) is 28.7 Å². The summed E-state index contributed by atoms with van der Waals surface area (Å²) in [5.74, 6) is -0.0587. The molecule has 2 N–H and O–H groups in total. The van der Waals surface area contributed by atoms with E-state index in [9.17, 15) is 9.59 Å². The SMILES string of the molecule is CCC(=O)Cc1ccc(NC(=O)c2ccc[nH]c2=S)cc1. The van der Waals surface area contributed by atoms with Gasteiger partial charge in [0.25, 0.3) is 5.91 Å². The molecule has 5 heteroatoms. The van der Waals surface area contributed by atoms with Gasteiger partial charge in [0.15, 0.2) is 0 Å². The molecule has 0 spiro atoms. The minimum atomic E-state index is -0.255. The van der Waals surface area contributed by atoms with Gasteiger partial charge >= 0.3 is 0 Å². The highest BCUT2D eigenvalue weighted by Gasteiger charge is 2.08. The first-order valence-corrected chi connectivity index (χ1v) is 7.10. The zero-order valence-electron chi connectivity index (χ0n) is 11.7. The standard InChI is InChI=1S/C16H16N2O2S/c1-2-13(19)10-11-5-7-12(8-6-11)18-15(20)14-4-3-9-17-16(14)21/h3-9H,2,10H2,1H3,(H,17,21)(H,18,20). The number of aromatic nitrogens is 1. The third-order valence-corrected chi connectivity index (χ3v) is 3.41. The molecule has 0 saturated heterocycles. The molecule has 2 aromatic rings. The van der Waals surface area contributed by atoms with E-state index in [0.717, 1.165) is 5.56 Å². The number of hydrogen-bond donors (Lipinski definition) is 2. The van der Waals surface area contributed by atoms with Gasteiger partial charge in [-0.15, -0.1) is 0 Å². The molecule has 0 unspecified atom stereocenters. The van der Waals surface area contributed by atoms with Gasteiger partial charge in [-0.1, -0.05) is 31.3 Å². The highest BCUT2D eigenvalue weighted by Crippen LogP contribution is 2.12. The lowest BCUT2D eigenvalue weighted by atomic mass is 10.1. The zero-order valence-corrected chi connectivity index (χ0v) is 12.5. The number of Topliss-reactive ketones (excluding diaryl/α,β-unsaturated/α-hetero) is 1. The van der Waals surface area contributed by atoms with Crippen molar-refractivity contribution in [3.05, 3.63) is 58.4 Å². The molecular formula is C16H16N2O2S. The average molecular weight is 300 g/mol. The van der Waals surface area contributed by atoms with Gasteiger partial charge in [0.05, 0.1) is 5.56 Å². The normalized spacial score (nSPS) is 10.1. The molecule has 0 aliphatic rings. The van der Waals surface area contributed by atoms with Crippen LogP contribution in [0.3, 0.4) is 0 Å². The Morgan fingerprint density at radius 2 is 1.90 bits per heavy atom. The fourth-order valence-corrected chi connectivity index (χ4v) is 2.09. The second-order valence-corrected chi connectivity index (χ2v) is 5.04. The first kappa shape index (κ1) is 15.1. The van der Waals surface area contributed by atoms with E-state index in [1.165, 1.54) is 0 Å². The average Bonchev–Trinajstić information content (AvgIpc) is 2.49. The number of carbonyl (C=O) groups is 2. The lowest BCUT2D eigenvalue weighted by Crippen LogP contribution is -2.12. The Hall–Kier alpha value is -2.27. The van der Waals surface area contributed by atoms with E-state index in [1.807, 2.05) is 19.1 Å². The number of pyridine rings is 1. The number of amides is 1. The highest BCUT2D eigenvalue weighted by atomic mass is 32.1. The van der Waals surface area contributed by atoms with Crippen LogP contribution in [0.25, 0.3) is 0 Å². The van der Waals surface area contributed by atoms with Crippen molar-refractivity contribution in [1.29, 1.82) is 0 Å². The molecule has 0 radical (unpaired) electrons. The molecule has 0 saturated carbocycles. The summed E-state index contributed by atoms with van der Waals surface area (Å²) in [6.07, 6.45) is 2.64. The zero-order chi connectivity index (χ0) is 15.2. The maximum Gasteiger partial charge on any atom is 0.258 e. The molecule has 4 nitrogen and oxygen atoms in total. The molecule has 1 amide bonds. The summed E-state index contributed by atoms with van der Waals surface area (Å²) < 4.78 is 0.403. The topological polar surface area (TPSA) is 62.0 Å². The number of carbonyl (C=O) groups excluding carboxylic acids is 2. The number of benzene rings is 1. The first-order chi connectivity index (χ1) is 10.1. The van der Waals surface area contributed by atoms with Gasteiger partial charge in [0.1, 0.15) is 10.4 Å². The van der Waals surface area contributed by atoms with Crippen LogP contribution in [0.4, 0.5) is 5.69 Å². The van der Waals surface area contributed by atoms with E-state index in [-0.39, 0.29) is 11.7 Å². The second kappa shape index (κ2) is 6.95. The van der Waals surface area contributed by atoms with Gasteiger partial charge < -0.3 is 10.3 Å². The van der Waals surface area contributed by atoms with E-state index in [1.54, 1.807) is 30.5 Å². The number of ketones is 1. The van der Waals surface area contributed by atoms with Gasteiger partial charge in [0, 0.05) is 24.7 Å². The Labute approximate surface area is 128 Å². The van der Waals surface area contributed by atoms with Crippen LogP contribution in [0, 0.1) is 4.64 Å². The van der Waals surface area contributed by atoms with E-state index >= 15 is 0 Å². The molecule has 0 aliphatic carbocycles. The lowest BCUT2D eigenvalue weighted by Gasteiger charge is -2.06. The number of rotatable bonds is 5. The summed E-state index contributed by atoms with van der Waals surface area (Å²) in [7, 11) is 0. The molecule has 1 heterocycles. The van der Waals surface area contributed by atoms with Crippen LogP contribution >= 0.6 is 12.2 Å². The van der Waals surface area contributed by atoms with Crippen LogP contribution < -0.4 is 5.32 Å². The molecule has 21 heavy (non-hydrogen) atoms. The maximum absolute atomic E-state index is 12.1. The van der Waals surface area contributed by atoms with Gasteiger partial charge in [-0.05, 0) is 29.8 Å². The molecule has 0 atom stereocenters. The predicted octanol–water partition coefficient (Wildman–Crippen LogP) is 3.52. The van der Waals surface area contributed by atoms with Crippen LogP contribution in [0.15, 0.2) is 42.6 Å². The summed E-state index contributed by atoms with van der Waals surface area (Å²) in [4.78, 5) is 26.3. The number of H-pyrrole nitrogens is 1. The van der Waals surface area contributed by atoms with Crippen LogP contribution in [0.2, 0.25) is 0 Å².